The summed E-state index contributed by atoms with van der Waals surface area (Å²) in [5, 5.41) is 33.0. The van der Waals surface area contributed by atoms with Gasteiger partial charge in [0.2, 0.25) is 17.2 Å². The zero-order chi connectivity index (χ0) is 42.2. The van der Waals surface area contributed by atoms with E-state index in [2.05, 4.69) is 5.32 Å². The number of amides is 2. The number of pyridine rings is 1. The largest absolute Gasteiger partial charge is 0.507 e. The van der Waals surface area contributed by atoms with E-state index in [9.17, 15) is 53.7 Å². The number of esters is 1. The first kappa shape index (κ1) is 39.4. The standard InChI is InChI=1S/C42H39N3O13/c1-7-16(3)23-13-21-29(41(55)45(23)15-26(48)44-14-22(43-40(54)18(44)5)42(56)58-17(4)8-2)35(50)27-19(34(21)49)9-10-20-28(27)36(51)32-33(39(20)57-6)38(53)31-25(47)12-11-24(46)30(31)37(32)52/h9-13,16-18,22,49,52-53H,7-8,14-15H2,1-6H3,(H,43,54). The molecular weight excluding hydrogens is 754 g/mol. The van der Waals surface area contributed by atoms with Crippen molar-refractivity contribution in [3.8, 4) is 23.0 Å². The van der Waals surface area contributed by atoms with Gasteiger partial charge in [0.25, 0.3) is 5.56 Å². The van der Waals surface area contributed by atoms with Gasteiger partial charge >= 0.3 is 5.97 Å². The smallest absolute Gasteiger partial charge is 0.330 e. The highest BCUT2D eigenvalue weighted by atomic mass is 16.5. The third-order valence-electron chi connectivity index (χ3n) is 11.4. The fourth-order valence-corrected chi connectivity index (χ4v) is 7.89. The predicted molar refractivity (Wildman–Crippen MR) is 215 cm³/mol. The van der Waals surface area contributed by atoms with Crippen molar-refractivity contribution in [2.45, 2.75) is 78.1 Å². The van der Waals surface area contributed by atoms with E-state index in [1.54, 1.807) is 13.8 Å². The fraction of sp³-hybridized carbons (Fsp3) is 0.333. The summed E-state index contributed by atoms with van der Waals surface area (Å²) >= 11 is 0. The molecule has 1 saturated heterocycles. The summed E-state index contributed by atoms with van der Waals surface area (Å²) in [5.41, 5.74) is -4.51. The lowest BCUT2D eigenvalue weighted by Crippen LogP contribution is -2.63. The van der Waals surface area contributed by atoms with Crippen LogP contribution in [0.25, 0.3) is 53.9 Å². The van der Waals surface area contributed by atoms with Crippen molar-refractivity contribution >= 4 is 71.6 Å². The molecular formula is C42H39N3O13. The highest BCUT2D eigenvalue weighted by Crippen LogP contribution is 2.46. The molecule has 1 aromatic heterocycles. The van der Waals surface area contributed by atoms with Crippen LogP contribution in [0.3, 0.4) is 0 Å². The second-order valence-corrected chi connectivity index (χ2v) is 14.7. The van der Waals surface area contributed by atoms with Crippen molar-refractivity contribution < 1.29 is 39.2 Å². The maximum absolute atomic E-state index is 14.7. The van der Waals surface area contributed by atoms with Gasteiger partial charge in [0.05, 0.1) is 46.7 Å². The van der Waals surface area contributed by atoms with Gasteiger partial charge < -0.3 is 39.6 Å². The average molecular weight is 794 g/mol. The first-order valence-electron chi connectivity index (χ1n) is 18.7. The summed E-state index contributed by atoms with van der Waals surface area (Å²) in [4.78, 5) is 111. The Morgan fingerprint density at radius 3 is 1.97 bits per heavy atom. The normalized spacial score (nSPS) is 16.9. The molecule has 0 radical (unpaired) electrons. The van der Waals surface area contributed by atoms with Crippen LogP contribution in [0.4, 0.5) is 0 Å². The molecule has 1 aliphatic heterocycles. The fourth-order valence-electron chi connectivity index (χ4n) is 7.89. The first-order valence-corrected chi connectivity index (χ1v) is 18.7. The number of phenols is 3. The number of aromatic nitrogens is 1. The summed E-state index contributed by atoms with van der Waals surface area (Å²) < 4.78 is 12.1. The molecule has 0 bridgehead atoms. The van der Waals surface area contributed by atoms with E-state index in [0.717, 1.165) is 21.6 Å². The number of phenolic OH excluding ortho intramolecular Hbond substituents is 3. The molecule has 4 unspecified atom stereocenters. The third-order valence-corrected chi connectivity index (χ3v) is 11.4. The number of hydrogen-bond donors (Lipinski definition) is 4. The van der Waals surface area contributed by atoms with Gasteiger partial charge in [-0.1, -0.05) is 20.8 Å². The van der Waals surface area contributed by atoms with Gasteiger partial charge in [0.1, 0.15) is 41.6 Å². The molecule has 6 aromatic rings. The number of aromatic hydroxyl groups is 3. The SMILES string of the molecule is CCC(C)OC(=O)C1CN(C(=O)Cn2c(C(C)CC)cc3c(O)c4ccc5c(OC)c6c(O)c7c(=O)ccc(=O)c7c(O)c6c(=O)c5c4c(=O)c3c2=O)C(C)C(=O)N1. The lowest BCUT2D eigenvalue weighted by atomic mass is 9.91. The van der Waals surface area contributed by atoms with E-state index in [4.69, 9.17) is 9.47 Å². The Bertz CT molecular complexity index is 3090. The number of rotatable bonds is 8. The Morgan fingerprint density at radius 2 is 1.36 bits per heavy atom. The van der Waals surface area contributed by atoms with Crippen LogP contribution in [0.2, 0.25) is 0 Å². The maximum Gasteiger partial charge on any atom is 0.330 e. The Labute approximate surface area is 327 Å². The molecule has 0 spiro atoms. The zero-order valence-corrected chi connectivity index (χ0v) is 32.3. The van der Waals surface area contributed by atoms with Crippen LogP contribution in [0, 0.1) is 0 Å². The van der Waals surface area contributed by atoms with Gasteiger partial charge in [-0.3, -0.25) is 33.6 Å². The molecule has 2 amide bonds. The number of benzene rings is 5. The van der Waals surface area contributed by atoms with Gasteiger partial charge in [-0.15, -0.1) is 0 Å². The number of nitrogens with zero attached hydrogens (tertiary/aromatic N) is 2. The molecule has 58 heavy (non-hydrogen) atoms. The van der Waals surface area contributed by atoms with Crippen molar-refractivity contribution in [2.24, 2.45) is 0 Å². The minimum Gasteiger partial charge on any atom is -0.507 e. The number of nitrogens with one attached hydrogen (secondary N) is 1. The number of piperazine rings is 1. The highest BCUT2D eigenvalue weighted by molar-refractivity contribution is 6.24. The molecule has 4 atom stereocenters. The molecule has 4 N–H and O–H groups in total. The van der Waals surface area contributed by atoms with E-state index in [1.807, 2.05) is 13.8 Å². The molecule has 2 heterocycles. The summed E-state index contributed by atoms with van der Waals surface area (Å²) in [6.45, 7) is 7.65. The predicted octanol–water partition coefficient (Wildman–Crippen LogP) is 2.63. The quantitative estimate of drug-likeness (QED) is 0.0752. The number of carbonyl (C=O) groups is 3. The van der Waals surface area contributed by atoms with Crippen molar-refractivity contribution in [1.29, 1.82) is 0 Å². The molecule has 0 aliphatic carbocycles. The second-order valence-electron chi connectivity index (χ2n) is 14.7. The molecule has 300 valence electrons. The summed E-state index contributed by atoms with van der Waals surface area (Å²) in [7, 11) is 1.18. The Balaban J connectivity index is 1.50. The Morgan fingerprint density at radius 1 is 0.776 bits per heavy atom. The van der Waals surface area contributed by atoms with Crippen LogP contribution in [0.5, 0.6) is 23.0 Å². The molecule has 0 saturated carbocycles. The number of methoxy groups -OCH3 is 1. The van der Waals surface area contributed by atoms with Crippen LogP contribution in [0.1, 0.15) is 59.1 Å². The van der Waals surface area contributed by atoms with Gasteiger partial charge in [-0.25, -0.2) is 4.79 Å². The maximum atomic E-state index is 14.7. The lowest BCUT2D eigenvalue weighted by Gasteiger charge is -2.37. The number of hydrogen-bond acceptors (Lipinski definition) is 13. The van der Waals surface area contributed by atoms with Crippen LogP contribution in [-0.2, 0) is 25.7 Å². The van der Waals surface area contributed by atoms with Crippen LogP contribution in [-0.4, -0.2) is 74.4 Å². The topological polar surface area (TPSA) is 236 Å². The number of fused-ring (bicyclic) bond motifs is 6. The number of ether oxygens (including phenoxy) is 2. The van der Waals surface area contributed by atoms with Gasteiger partial charge in [0, 0.05) is 32.6 Å². The van der Waals surface area contributed by atoms with Crippen LogP contribution in [0.15, 0.2) is 54.3 Å². The second kappa shape index (κ2) is 14.3. The summed E-state index contributed by atoms with van der Waals surface area (Å²) in [6, 6.07) is 3.64. The van der Waals surface area contributed by atoms with Crippen molar-refractivity contribution in [2.75, 3.05) is 13.7 Å². The summed E-state index contributed by atoms with van der Waals surface area (Å²) in [6.07, 6.45) is 0.540. The Hall–Kier alpha value is -6.84. The van der Waals surface area contributed by atoms with Crippen LogP contribution < -0.4 is 37.3 Å². The molecule has 16 nitrogen and oxygen atoms in total. The third kappa shape index (κ3) is 5.72. The van der Waals surface area contributed by atoms with Crippen molar-refractivity contribution in [1.82, 2.24) is 14.8 Å². The molecule has 16 heteroatoms. The van der Waals surface area contributed by atoms with Gasteiger partial charge in [-0.05, 0) is 62.9 Å². The molecule has 1 aliphatic rings. The minimum atomic E-state index is -1.18. The van der Waals surface area contributed by atoms with E-state index < -0.39 is 131 Å². The van der Waals surface area contributed by atoms with E-state index in [1.165, 1.54) is 32.2 Å². The highest BCUT2D eigenvalue weighted by Gasteiger charge is 2.39. The molecule has 1 fully saturated rings. The Kier molecular flexibility index (Phi) is 9.69. The number of carbonyl (C=O) groups excluding carboxylic acids is 3. The van der Waals surface area contributed by atoms with Gasteiger partial charge in [-0.2, -0.15) is 0 Å². The lowest BCUT2D eigenvalue weighted by molar-refractivity contribution is -0.158. The van der Waals surface area contributed by atoms with E-state index in [-0.39, 0.29) is 34.1 Å². The molecule has 7 rings (SSSR count). The zero-order valence-electron chi connectivity index (χ0n) is 32.3. The van der Waals surface area contributed by atoms with Crippen LogP contribution >= 0.6 is 0 Å². The van der Waals surface area contributed by atoms with Crippen molar-refractivity contribution in [3.63, 3.8) is 0 Å². The van der Waals surface area contributed by atoms with Gasteiger partial charge in [0.15, 0.2) is 16.3 Å². The van der Waals surface area contributed by atoms with E-state index >= 15 is 0 Å². The molecule has 5 aromatic carbocycles. The minimum absolute atomic E-state index is 0.0892. The van der Waals surface area contributed by atoms with E-state index in [0.29, 0.717) is 12.8 Å². The van der Waals surface area contributed by atoms with Crippen molar-refractivity contribution in [3.05, 3.63) is 87.3 Å². The average Bonchev–Trinajstić information content (AvgIpc) is 3.20. The summed E-state index contributed by atoms with van der Waals surface area (Å²) in [5.74, 6) is -5.03. The first-order chi connectivity index (χ1) is 27.5. The monoisotopic (exact) mass is 793 g/mol.